The monoisotopic (exact) mass is 300 g/mol. The van der Waals surface area contributed by atoms with E-state index in [1.54, 1.807) is 7.11 Å². The predicted octanol–water partition coefficient (Wildman–Crippen LogP) is 3.15. The van der Waals surface area contributed by atoms with Gasteiger partial charge >= 0.3 is 0 Å². The van der Waals surface area contributed by atoms with E-state index in [4.69, 9.17) is 14.2 Å². The molecule has 2 rings (SSSR count). The molecule has 0 aromatic heterocycles. The average molecular weight is 301 g/mol. The zero-order chi connectivity index (χ0) is 12.5. The Hall–Kier alpha value is -0.580. The average Bonchev–Trinajstić information content (AvgIpc) is 2.58. The van der Waals surface area contributed by atoms with Gasteiger partial charge in [0.15, 0.2) is 5.79 Å². The molecule has 1 aliphatic rings. The zero-order valence-corrected chi connectivity index (χ0v) is 11.9. The van der Waals surface area contributed by atoms with Gasteiger partial charge in [-0.05, 0) is 37.6 Å². The number of hydrogen-bond donors (Lipinski definition) is 0. The van der Waals surface area contributed by atoms with Crippen molar-refractivity contribution in [1.82, 2.24) is 0 Å². The van der Waals surface area contributed by atoms with E-state index in [9.17, 15) is 0 Å². The van der Waals surface area contributed by atoms with Gasteiger partial charge in [0.2, 0.25) is 0 Å². The number of rotatable bonds is 3. The number of hydrogen-bond acceptors (Lipinski definition) is 3. The van der Waals surface area contributed by atoms with Crippen molar-refractivity contribution in [3.63, 3.8) is 0 Å². The topological polar surface area (TPSA) is 27.7 Å². The lowest BCUT2D eigenvalue weighted by Crippen LogP contribution is -2.22. The molecule has 1 saturated heterocycles. The minimum Gasteiger partial charge on any atom is -0.496 e. The molecule has 1 atom stereocenters. The number of ether oxygens (including phenoxy) is 3. The molecule has 1 heterocycles. The summed E-state index contributed by atoms with van der Waals surface area (Å²) < 4.78 is 17.7. The molecule has 1 aliphatic heterocycles. The van der Waals surface area contributed by atoms with Gasteiger partial charge < -0.3 is 14.2 Å². The highest BCUT2D eigenvalue weighted by molar-refractivity contribution is 9.10. The van der Waals surface area contributed by atoms with Crippen LogP contribution in [0.25, 0.3) is 0 Å². The van der Waals surface area contributed by atoms with Crippen molar-refractivity contribution in [3.05, 3.63) is 28.2 Å². The molecule has 17 heavy (non-hydrogen) atoms. The van der Waals surface area contributed by atoms with Crippen molar-refractivity contribution in [1.29, 1.82) is 0 Å². The molecule has 0 saturated carbocycles. The Kier molecular flexibility index (Phi) is 3.76. The van der Waals surface area contributed by atoms with Gasteiger partial charge in [0.1, 0.15) is 5.75 Å². The Balaban J connectivity index is 2.11. The third-order valence-electron chi connectivity index (χ3n) is 2.76. The van der Waals surface area contributed by atoms with E-state index in [1.807, 2.05) is 26.0 Å². The summed E-state index contributed by atoms with van der Waals surface area (Å²) in [7, 11) is 1.68. The molecule has 1 fully saturated rings. The summed E-state index contributed by atoms with van der Waals surface area (Å²) in [6.07, 6.45) is 0.889. The minimum atomic E-state index is -0.468. The van der Waals surface area contributed by atoms with Gasteiger partial charge in [-0.25, -0.2) is 0 Å². The van der Waals surface area contributed by atoms with Crippen LogP contribution in [0.15, 0.2) is 22.7 Å². The molecule has 3 nitrogen and oxygen atoms in total. The highest BCUT2D eigenvalue weighted by Gasteiger charge is 2.32. The summed E-state index contributed by atoms with van der Waals surface area (Å²) in [4.78, 5) is 0. The third kappa shape index (κ3) is 3.21. The SMILES string of the molecule is COc1ccc(Br)cc1CC1COC(C)(C)O1. The minimum absolute atomic E-state index is 0.0909. The van der Waals surface area contributed by atoms with Crippen molar-refractivity contribution >= 4 is 15.9 Å². The van der Waals surface area contributed by atoms with Crippen molar-refractivity contribution in [2.45, 2.75) is 32.2 Å². The van der Waals surface area contributed by atoms with Gasteiger partial charge in [0, 0.05) is 10.9 Å². The van der Waals surface area contributed by atoms with Crippen molar-refractivity contribution < 1.29 is 14.2 Å². The van der Waals surface area contributed by atoms with Crippen LogP contribution in [0.1, 0.15) is 19.4 Å². The summed E-state index contributed by atoms with van der Waals surface area (Å²) in [5.41, 5.74) is 1.13. The zero-order valence-electron chi connectivity index (χ0n) is 10.3. The second kappa shape index (κ2) is 4.96. The molecule has 94 valence electrons. The first kappa shape index (κ1) is 12.9. The Labute approximate surface area is 110 Å². The van der Waals surface area contributed by atoms with Gasteiger partial charge in [-0.1, -0.05) is 15.9 Å². The van der Waals surface area contributed by atoms with E-state index in [0.29, 0.717) is 6.61 Å². The molecule has 0 spiro atoms. The smallest absolute Gasteiger partial charge is 0.163 e. The van der Waals surface area contributed by atoms with Crippen LogP contribution in [0, 0.1) is 0 Å². The van der Waals surface area contributed by atoms with Gasteiger partial charge in [0.25, 0.3) is 0 Å². The summed E-state index contributed by atoms with van der Waals surface area (Å²) in [6.45, 7) is 4.50. The fourth-order valence-electron chi connectivity index (χ4n) is 2.02. The largest absolute Gasteiger partial charge is 0.496 e. The molecular formula is C13H17BrO3. The van der Waals surface area contributed by atoms with Gasteiger partial charge in [-0.2, -0.15) is 0 Å². The van der Waals surface area contributed by atoms with Crippen molar-refractivity contribution in [3.8, 4) is 5.75 Å². The van der Waals surface area contributed by atoms with Crippen LogP contribution in [0.4, 0.5) is 0 Å². The van der Waals surface area contributed by atoms with Crippen LogP contribution in [0.5, 0.6) is 5.75 Å². The summed E-state index contributed by atoms with van der Waals surface area (Å²) >= 11 is 3.47. The van der Waals surface area contributed by atoms with Gasteiger partial charge in [0.05, 0.1) is 19.8 Å². The number of halogens is 1. The fourth-order valence-corrected chi connectivity index (χ4v) is 2.42. The van der Waals surface area contributed by atoms with Crippen molar-refractivity contribution in [2.75, 3.05) is 13.7 Å². The molecule has 4 heteroatoms. The van der Waals surface area contributed by atoms with Crippen LogP contribution in [-0.2, 0) is 15.9 Å². The summed E-state index contributed by atoms with van der Waals surface area (Å²) in [5.74, 6) is 0.422. The Morgan fingerprint density at radius 2 is 2.24 bits per heavy atom. The second-order valence-electron chi connectivity index (χ2n) is 4.61. The lowest BCUT2D eigenvalue weighted by atomic mass is 10.1. The molecule has 0 radical (unpaired) electrons. The van der Waals surface area contributed by atoms with E-state index in [-0.39, 0.29) is 6.10 Å². The third-order valence-corrected chi connectivity index (χ3v) is 3.25. The van der Waals surface area contributed by atoms with Crippen LogP contribution in [0.3, 0.4) is 0 Å². The van der Waals surface area contributed by atoms with Crippen LogP contribution >= 0.6 is 15.9 Å². The highest BCUT2D eigenvalue weighted by Crippen LogP contribution is 2.29. The highest BCUT2D eigenvalue weighted by atomic mass is 79.9. The lowest BCUT2D eigenvalue weighted by molar-refractivity contribution is -0.138. The number of methoxy groups -OCH3 is 1. The van der Waals surface area contributed by atoms with E-state index in [0.717, 1.165) is 22.2 Å². The number of benzene rings is 1. The Morgan fingerprint density at radius 1 is 1.47 bits per heavy atom. The Bertz CT molecular complexity index is 404. The first-order valence-electron chi connectivity index (χ1n) is 5.64. The van der Waals surface area contributed by atoms with Crippen LogP contribution < -0.4 is 4.74 Å². The second-order valence-corrected chi connectivity index (χ2v) is 5.53. The van der Waals surface area contributed by atoms with E-state index in [2.05, 4.69) is 22.0 Å². The molecule has 1 aromatic carbocycles. The first-order valence-corrected chi connectivity index (χ1v) is 6.44. The summed E-state index contributed by atoms with van der Waals surface area (Å²) in [5, 5.41) is 0. The molecule has 0 bridgehead atoms. The van der Waals surface area contributed by atoms with Gasteiger partial charge in [-0.15, -0.1) is 0 Å². The maximum Gasteiger partial charge on any atom is 0.163 e. The van der Waals surface area contributed by atoms with Gasteiger partial charge in [-0.3, -0.25) is 0 Å². The summed E-state index contributed by atoms with van der Waals surface area (Å²) in [6, 6.07) is 5.99. The molecule has 1 unspecified atom stereocenters. The normalized spacial score (nSPS) is 22.7. The maximum atomic E-state index is 5.80. The van der Waals surface area contributed by atoms with Crippen LogP contribution in [0.2, 0.25) is 0 Å². The molecule has 0 amide bonds. The molecule has 1 aromatic rings. The fraction of sp³-hybridized carbons (Fsp3) is 0.538. The van der Waals surface area contributed by atoms with Crippen LogP contribution in [-0.4, -0.2) is 25.6 Å². The quantitative estimate of drug-likeness (QED) is 0.858. The van der Waals surface area contributed by atoms with E-state index >= 15 is 0 Å². The standard InChI is InChI=1S/C13H17BrO3/c1-13(2)16-8-11(17-13)7-9-6-10(14)4-5-12(9)15-3/h4-6,11H,7-8H2,1-3H3. The first-order chi connectivity index (χ1) is 8.00. The Morgan fingerprint density at radius 3 is 2.82 bits per heavy atom. The van der Waals surface area contributed by atoms with Crippen molar-refractivity contribution in [2.24, 2.45) is 0 Å². The predicted molar refractivity (Wildman–Crippen MR) is 69.3 cm³/mol. The van der Waals surface area contributed by atoms with E-state index in [1.165, 1.54) is 0 Å². The maximum absolute atomic E-state index is 5.80. The van der Waals surface area contributed by atoms with E-state index < -0.39 is 5.79 Å². The lowest BCUT2D eigenvalue weighted by Gasteiger charge is -2.17. The molecule has 0 N–H and O–H groups in total. The molecule has 0 aliphatic carbocycles. The molecular weight excluding hydrogens is 284 g/mol.